The van der Waals surface area contributed by atoms with Gasteiger partial charge in [-0.3, -0.25) is 4.68 Å². The summed E-state index contributed by atoms with van der Waals surface area (Å²) in [5.41, 5.74) is 0. The van der Waals surface area contributed by atoms with Crippen molar-refractivity contribution in [1.29, 1.82) is 0 Å². The molecule has 2 fully saturated rings. The molecule has 3 heterocycles. The fraction of sp³-hybridized carbons (Fsp3) is 0.750. The molecular weight excluding hydrogens is 294 g/mol. The molecule has 1 unspecified atom stereocenters. The van der Waals surface area contributed by atoms with Gasteiger partial charge in [-0.05, 0) is 25.8 Å². The number of hydrogen-bond acceptors (Lipinski definition) is 4. The van der Waals surface area contributed by atoms with Gasteiger partial charge in [0, 0.05) is 50.7 Å². The van der Waals surface area contributed by atoms with E-state index in [1.54, 1.807) is 0 Å². The first-order valence-electron chi connectivity index (χ1n) is 8.57. The van der Waals surface area contributed by atoms with Crippen LogP contribution in [-0.2, 0) is 11.3 Å². The van der Waals surface area contributed by atoms with E-state index in [4.69, 9.17) is 4.74 Å². The molecule has 0 spiro atoms. The van der Waals surface area contributed by atoms with E-state index in [0.717, 1.165) is 45.6 Å². The maximum Gasteiger partial charge on any atom is 0.320 e. The highest BCUT2D eigenvalue weighted by molar-refractivity contribution is 5.74. The monoisotopic (exact) mass is 321 g/mol. The number of nitrogens with one attached hydrogen (secondary N) is 1. The number of rotatable bonds is 4. The lowest BCUT2D eigenvalue weighted by Crippen LogP contribution is -2.53. The Morgan fingerprint density at radius 1 is 1.26 bits per heavy atom. The van der Waals surface area contributed by atoms with Gasteiger partial charge in [0.05, 0.1) is 19.8 Å². The summed E-state index contributed by atoms with van der Waals surface area (Å²) in [4.78, 5) is 16.4. The third kappa shape index (κ3) is 4.45. The molecule has 2 amide bonds. The van der Waals surface area contributed by atoms with E-state index in [0.29, 0.717) is 25.3 Å². The molecule has 1 aromatic heterocycles. The van der Waals surface area contributed by atoms with Crippen LogP contribution in [0.4, 0.5) is 4.79 Å². The van der Waals surface area contributed by atoms with Crippen LogP contribution in [-0.4, -0.2) is 77.1 Å². The van der Waals surface area contributed by atoms with Crippen LogP contribution in [0.2, 0.25) is 0 Å². The van der Waals surface area contributed by atoms with Gasteiger partial charge in [0.2, 0.25) is 0 Å². The summed E-state index contributed by atoms with van der Waals surface area (Å²) in [6, 6.07) is 2.98. The first-order valence-corrected chi connectivity index (χ1v) is 8.57. The Labute approximate surface area is 137 Å². The van der Waals surface area contributed by atoms with E-state index in [-0.39, 0.29) is 6.03 Å². The first kappa shape index (κ1) is 16.3. The van der Waals surface area contributed by atoms with Gasteiger partial charge >= 0.3 is 6.03 Å². The quantitative estimate of drug-likeness (QED) is 0.890. The van der Waals surface area contributed by atoms with Crippen molar-refractivity contribution in [3.63, 3.8) is 0 Å². The molecule has 23 heavy (non-hydrogen) atoms. The van der Waals surface area contributed by atoms with Gasteiger partial charge < -0.3 is 19.9 Å². The Morgan fingerprint density at radius 3 is 2.61 bits per heavy atom. The molecule has 3 rings (SSSR count). The van der Waals surface area contributed by atoms with Crippen LogP contribution in [0.3, 0.4) is 0 Å². The standard InChI is InChI=1S/C16H27N5O2/c1-14(13-21-6-2-5-17-21)18-15-3-7-19(8-4-15)16(22)20-9-11-23-12-10-20/h2,5-6,14-15,18H,3-4,7-13H2,1H3. The summed E-state index contributed by atoms with van der Waals surface area (Å²) in [5, 5.41) is 7.91. The molecule has 7 nitrogen and oxygen atoms in total. The predicted molar refractivity (Wildman–Crippen MR) is 87.2 cm³/mol. The fourth-order valence-electron chi connectivity index (χ4n) is 3.34. The summed E-state index contributed by atoms with van der Waals surface area (Å²) in [6.07, 6.45) is 5.82. The van der Waals surface area contributed by atoms with Crippen LogP contribution in [0.1, 0.15) is 19.8 Å². The minimum absolute atomic E-state index is 0.177. The number of carbonyl (C=O) groups excluding carboxylic acids is 1. The number of aromatic nitrogens is 2. The molecule has 0 radical (unpaired) electrons. The molecule has 1 N–H and O–H groups in total. The van der Waals surface area contributed by atoms with Gasteiger partial charge in [-0.15, -0.1) is 0 Å². The number of carbonyl (C=O) groups is 1. The van der Waals surface area contributed by atoms with Crippen molar-refractivity contribution in [2.75, 3.05) is 39.4 Å². The molecule has 2 aliphatic heterocycles. The van der Waals surface area contributed by atoms with E-state index < -0.39 is 0 Å². The zero-order valence-electron chi connectivity index (χ0n) is 13.9. The van der Waals surface area contributed by atoms with Gasteiger partial charge in [-0.25, -0.2) is 4.79 Å². The second-order valence-corrected chi connectivity index (χ2v) is 6.44. The van der Waals surface area contributed by atoms with Crippen molar-refractivity contribution >= 4 is 6.03 Å². The minimum Gasteiger partial charge on any atom is -0.378 e. The number of nitrogens with zero attached hydrogens (tertiary/aromatic N) is 4. The van der Waals surface area contributed by atoms with Crippen LogP contribution >= 0.6 is 0 Å². The second-order valence-electron chi connectivity index (χ2n) is 6.44. The van der Waals surface area contributed by atoms with Crippen LogP contribution in [0.25, 0.3) is 0 Å². The molecule has 0 saturated carbocycles. The number of morpholine rings is 1. The normalized spacial score (nSPS) is 21.4. The average Bonchev–Trinajstić information content (AvgIpc) is 3.08. The summed E-state index contributed by atoms with van der Waals surface area (Å²) < 4.78 is 7.26. The van der Waals surface area contributed by atoms with Gasteiger partial charge in [0.1, 0.15) is 0 Å². The van der Waals surface area contributed by atoms with Crippen molar-refractivity contribution in [3.05, 3.63) is 18.5 Å². The van der Waals surface area contributed by atoms with E-state index >= 15 is 0 Å². The highest BCUT2D eigenvalue weighted by Gasteiger charge is 2.27. The molecule has 2 aliphatic rings. The molecular formula is C16H27N5O2. The second kappa shape index (κ2) is 7.79. The maximum atomic E-state index is 12.5. The number of ether oxygens (including phenoxy) is 1. The lowest BCUT2D eigenvalue weighted by Gasteiger charge is -2.38. The lowest BCUT2D eigenvalue weighted by molar-refractivity contribution is 0.0406. The average molecular weight is 321 g/mol. The lowest BCUT2D eigenvalue weighted by atomic mass is 10.0. The number of likely N-dealkylation sites (tertiary alicyclic amines) is 1. The Hall–Kier alpha value is -1.60. The van der Waals surface area contributed by atoms with Crippen molar-refractivity contribution in [1.82, 2.24) is 24.9 Å². The molecule has 0 aromatic carbocycles. The summed E-state index contributed by atoms with van der Waals surface area (Å²) >= 11 is 0. The Kier molecular flexibility index (Phi) is 5.51. The zero-order chi connectivity index (χ0) is 16.1. The van der Waals surface area contributed by atoms with E-state index in [9.17, 15) is 4.79 Å². The zero-order valence-corrected chi connectivity index (χ0v) is 13.9. The minimum atomic E-state index is 0.177. The van der Waals surface area contributed by atoms with Gasteiger partial charge in [0.15, 0.2) is 0 Å². The van der Waals surface area contributed by atoms with Crippen LogP contribution < -0.4 is 5.32 Å². The van der Waals surface area contributed by atoms with E-state index in [1.165, 1.54) is 0 Å². The Balaban J connectivity index is 1.40. The topological polar surface area (TPSA) is 62.6 Å². The Morgan fingerprint density at radius 2 is 1.96 bits per heavy atom. The first-order chi connectivity index (χ1) is 11.2. The van der Waals surface area contributed by atoms with Crippen LogP contribution in [0.5, 0.6) is 0 Å². The number of amides is 2. The van der Waals surface area contributed by atoms with Gasteiger partial charge in [-0.1, -0.05) is 0 Å². The van der Waals surface area contributed by atoms with E-state index in [1.807, 2.05) is 32.9 Å². The maximum absolute atomic E-state index is 12.5. The molecule has 1 aromatic rings. The summed E-state index contributed by atoms with van der Waals surface area (Å²) in [6.45, 7) is 7.50. The number of hydrogen-bond donors (Lipinski definition) is 1. The van der Waals surface area contributed by atoms with Crippen molar-refractivity contribution in [3.8, 4) is 0 Å². The van der Waals surface area contributed by atoms with Crippen LogP contribution in [0, 0.1) is 0 Å². The summed E-state index contributed by atoms with van der Waals surface area (Å²) in [7, 11) is 0. The molecule has 1 atom stereocenters. The predicted octanol–water partition coefficient (Wildman–Crippen LogP) is 0.778. The summed E-state index contributed by atoms with van der Waals surface area (Å²) in [5.74, 6) is 0. The molecule has 128 valence electrons. The third-order valence-corrected chi connectivity index (χ3v) is 4.59. The molecule has 2 saturated heterocycles. The molecule has 0 bridgehead atoms. The highest BCUT2D eigenvalue weighted by atomic mass is 16.5. The van der Waals surface area contributed by atoms with Crippen molar-refractivity contribution in [2.45, 2.75) is 38.4 Å². The van der Waals surface area contributed by atoms with Crippen LogP contribution in [0.15, 0.2) is 18.5 Å². The number of piperidine rings is 1. The fourth-order valence-corrected chi connectivity index (χ4v) is 3.34. The van der Waals surface area contributed by atoms with Crippen molar-refractivity contribution in [2.24, 2.45) is 0 Å². The molecule has 0 aliphatic carbocycles. The van der Waals surface area contributed by atoms with Gasteiger partial charge in [0.25, 0.3) is 0 Å². The van der Waals surface area contributed by atoms with Crippen molar-refractivity contribution < 1.29 is 9.53 Å². The smallest absolute Gasteiger partial charge is 0.320 e. The van der Waals surface area contributed by atoms with E-state index in [2.05, 4.69) is 17.3 Å². The highest BCUT2D eigenvalue weighted by Crippen LogP contribution is 2.14. The largest absolute Gasteiger partial charge is 0.378 e. The molecule has 7 heteroatoms. The third-order valence-electron chi connectivity index (χ3n) is 4.59. The Bertz CT molecular complexity index is 479. The van der Waals surface area contributed by atoms with Gasteiger partial charge in [-0.2, -0.15) is 5.10 Å². The SMILES string of the molecule is CC(Cn1cccn1)NC1CCN(C(=O)N2CCOCC2)CC1. The number of urea groups is 1.